The number of imidazole rings is 1. The van der Waals surface area contributed by atoms with Crippen molar-refractivity contribution in [2.75, 3.05) is 0 Å². The molecule has 1 unspecified atom stereocenters. The minimum absolute atomic E-state index is 0.107. The fourth-order valence-electron chi connectivity index (χ4n) is 2.94. The maximum atomic E-state index is 8.16. The smallest absolute Gasteiger partial charge is 0.137 e. The van der Waals surface area contributed by atoms with Gasteiger partial charge < -0.3 is 15.1 Å². The lowest BCUT2D eigenvalue weighted by molar-refractivity contribution is 0.738. The number of nitrogens with zero attached hydrogens (tertiary/aromatic N) is 2. The number of allylic oxidation sites excluding steroid dienone is 3. The lowest BCUT2D eigenvalue weighted by Crippen LogP contribution is -2.18. The summed E-state index contributed by atoms with van der Waals surface area (Å²) < 4.78 is 2.05. The van der Waals surface area contributed by atoms with Crippen LogP contribution in [0.15, 0.2) is 48.6 Å². The molecule has 1 aliphatic carbocycles. The zero-order valence-corrected chi connectivity index (χ0v) is 15.5. The van der Waals surface area contributed by atoms with Crippen molar-refractivity contribution in [3.05, 3.63) is 59.8 Å². The summed E-state index contributed by atoms with van der Waals surface area (Å²) in [5.41, 5.74) is 5.96. The second-order valence-corrected chi connectivity index (χ2v) is 7.16. The zero-order valence-electron chi connectivity index (χ0n) is 15.5. The van der Waals surface area contributed by atoms with Gasteiger partial charge in [-0.1, -0.05) is 26.8 Å². The Labute approximate surface area is 150 Å². The highest BCUT2D eigenvalue weighted by Gasteiger charge is 2.25. The number of hydrogen-bond donors (Lipinski definition) is 2. The summed E-state index contributed by atoms with van der Waals surface area (Å²) in [7, 11) is 0. The van der Waals surface area contributed by atoms with Crippen LogP contribution < -0.4 is 5.32 Å². The van der Waals surface area contributed by atoms with Crippen molar-refractivity contribution in [3.8, 4) is 0 Å². The molecule has 0 radical (unpaired) electrons. The molecular formula is C21H28N4. The molecule has 2 aromatic rings. The van der Waals surface area contributed by atoms with E-state index in [0.717, 1.165) is 54.1 Å². The zero-order chi connectivity index (χ0) is 18.0. The van der Waals surface area contributed by atoms with Gasteiger partial charge in [0.25, 0.3) is 0 Å². The molecule has 4 nitrogen and oxygen atoms in total. The van der Waals surface area contributed by atoms with Crippen LogP contribution in [0.2, 0.25) is 0 Å². The molecule has 25 heavy (non-hydrogen) atoms. The fourth-order valence-corrected chi connectivity index (χ4v) is 2.94. The Morgan fingerprint density at radius 1 is 1.52 bits per heavy atom. The lowest BCUT2D eigenvalue weighted by atomic mass is 10.0. The maximum absolute atomic E-state index is 8.16. The Morgan fingerprint density at radius 2 is 2.28 bits per heavy atom. The normalized spacial score (nSPS) is 16.0. The predicted octanol–water partition coefficient (Wildman–Crippen LogP) is 4.96. The molecule has 1 fully saturated rings. The third kappa shape index (κ3) is 4.19. The Kier molecular flexibility index (Phi) is 5.07. The van der Waals surface area contributed by atoms with E-state index in [1.807, 2.05) is 12.3 Å². The first-order chi connectivity index (χ1) is 12.0. The number of nitrogens with one attached hydrogen (secondary N) is 2. The first-order valence-corrected chi connectivity index (χ1v) is 9.18. The molecule has 3 rings (SSSR count). The highest BCUT2D eigenvalue weighted by atomic mass is 15.0. The molecule has 0 spiro atoms. The average Bonchev–Trinajstić information content (AvgIpc) is 3.34. The minimum atomic E-state index is 0.107. The number of hydrogen-bond acceptors (Lipinski definition) is 3. The molecule has 0 saturated heterocycles. The van der Waals surface area contributed by atoms with Crippen molar-refractivity contribution in [3.63, 3.8) is 0 Å². The number of rotatable bonds is 8. The Bertz CT molecular complexity index is 824. The predicted molar refractivity (Wildman–Crippen MR) is 104 cm³/mol. The number of aryl methyl sites for hydroxylation is 1. The van der Waals surface area contributed by atoms with Crippen LogP contribution in [0.1, 0.15) is 56.7 Å². The van der Waals surface area contributed by atoms with Gasteiger partial charge in [0.05, 0.1) is 5.69 Å². The standard InChI is InChI=1S/C21H28N4/c1-5-6-18(12-19(22)17-7-8-17)23-16(4)15(3)20-13-25-10-9-14(2)11-21(25)24-20/h9-13,15,17,22-23H,4-8H2,1-3H3/b18-12+,22-19?. The summed E-state index contributed by atoms with van der Waals surface area (Å²) in [4.78, 5) is 4.75. The molecule has 1 atom stereocenters. The van der Waals surface area contributed by atoms with Gasteiger partial charge in [0.2, 0.25) is 0 Å². The van der Waals surface area contributed by atoms with E-state index in [1.165, 1.54) is 5.56 Å². The van der Waals surface area contributed by atoms with Crippen LogP contribution in [-0.4, -0.2) is 15.1 Å². The molecule has 2 N–H and O–H groups in total. The Morgan fingerprint density at radius 3 is 2.96 bits per heavy atom. The van der Waals surface area contributed by atoms with Crippen LogP contribution in [0.25, 0.3) is 5.65 Å². The van der Waals surface area contributed by atoms with Gasteiger partial charge in [-0.25, -0.2) is 4.98 Å². The van der Waals surface area contributed by atoms with Gasteiger partial charge in [-0.05, 0) is 50.0 Å². The molecule has 0 bridgehead atoms. The molecule has 2 heterocycles. The van der Waals surface area contributed by atoms with Crippen LogP contribution in [0.5, 0.6) is 0 Å². The fraction of sp³-hybridized carbons (Fsp3) is 0.429. The van der Waals surface area contributed by atoms with E-state index in [9.17, 15) is 0 Å². The minimum Gasteiger partial charge on any atom is -0.362 e. The molecule has 0 aliphatic heterocycles. The SMILES string of the molecule is C=C(N/C(=C/C(=N)C1CC1)CCC)C(C)c1cn2ccc(C)cc2n1. The van der Waals surface area contributed by atoms with Crippen LogP contribution in [-0.2, 0) is 0 Å². The monoisotopic (exact) mass is 336 g/mol. The summed E-state index contributed by atoms with van der Waals surface area (Å²) in [6, 6.07) is 4.17. The van der Waals surface area contributed by atoms with E-state index in [0.29, 0.717) is 5.92 Å². The summed E-state index contributed by atoms with van der Waals surface area (Å²) in [6.45, 7) is 10.6. The quantitative estimate of drug-likeness (QED) is 0.669. The summed E-state index contributed by atoms with van der Waals surface area (Å²) in [6.07, 6.45) is 10.4. The van der Waals surface area contributed by atoms with E-state index in [2.05, 4.69) is 55.4 Å². The highest BCUT2D eigenvalue weighted by molar-refractivity contribution is 5.96. The second kappa shape index (κ2) is 7.26. The molecule has 0 amide bonds. The number of pyridine rings is 1. The van der Waals surface area contributed by atoms with Crippen LogP contribution in [0, 0.1) is 18.3 Å². The molecular weight excluding hydrogens is 308 g/mol. The Hall–Kier alpha value is -2.36. The summed E-state index contributed by atoms with van der Waals surface area (Å²) in [5, 5.41) is 11.6. The van der Waals surface area contributed by atoms with Crippen molar-refractivity contribution in [1.29, 1.82) is 5.41 Å². The van der Waals surface area contributed by atoms with Crippen molar-refractivity contribution >= 4 is 11.4 Å². The molecule has 4 heteroatoms. The van der Waals surface area contributed by atoms with E-state index in [-0.39, 0.29) is 5.92 Å². The average molecular weight is 336 g/mol. The topological polar surface area (TPSA) is 53.2 Å². The molecule has 2 aromatic heterocycles. The van der Waals surface area contributed by atoms with Gasteiger partial charge in [0.1, 0.15) is 5.65 Å². The Balaban J connectivity index is 1.74. The summed E-state index contributed by atoms with van der Waals surface area (Å²) >= 11 is 0. The molecule has 1 saturated carbocycles. The van der Waals surface area contributed by atoms with Gasteiger partial charge in [-0.2, -0.15) is 0 Å². The first-order valence-electron chi connectivity index (χ1n) is 9.18. The van der Waals surface area contributed by atoms with Gasteiger partial charge in [0.15, 0.2) is 0 Å². The maximum Gasteiger partial charge on any atom is 0.137 e. The van der Waals surface area contributed by atoms with Crippen LogP contribution >= 0.6 is 0 Å². The van der Waals surface area contributed by atoms with Crippen molar-refractivity contribution in [2.24, 2.45) is 5.92 Å². The van der Waals surface area contributed by atoms with E-state index < -0.39 is 0 Å². The number of aromatic nitrogens is 2. The summed E-state index contributed by atoms with van der Waals surface area (Å²) in [5.74, 6) is 0.580. The van der Waals surface area contributed by atoms with E-state index in [1.54, 1.807) is 0 Å². The van der Waals surface area contributed by atoms with Gasteiger partial charge in [-0.3, -0.25) is 0 Å². The van der Waals surface area contributed by atoms with Crippen LogP contribution in [0.4, 0.5) is 0 Å². The van der Waals surface area contributed by atoms with Gasteiger partial charge in [-0.15, -0.1) is 0 Å². The third-order valence-corrected chi connectivity index (χ3v) is 4.79. The van der Waals surface area contributed by atoms with E-state index in [4.69, 9.17) is 10.4 Å². The highest BCUT2D eigenvalue weighted by Crippen LogP contribution is 2.31. The molecule has 132 valence electrons. The number of fused-ring (bicyclic) bond motifs is 1. The first kappa shape index (κ1) is 17.5. The largest absolute Gasteiger partial charge is 0.362 e. The van der Waals surface area contributed by atoms with Crippen LogP contribution in [0.3, 0.4) is 0 Å². The lowest BCUT2D eigenvalue weighted by Gasteiger charge is -2.17. The molecule has 1 aliphatic rings. The van der Waals surface area contributed by atoms with Crippen molar-refractivity contribution in [2.45, 2.75) is 52.4 Å². The molecule has 0 aromatic carbocycles. The van der Waals surface area contributed by atoms with Gasteiger partial charge >= 0.3 is 0 Å². The third-order valence-electron chi connectivity index (χ3n) is 4.79. The second-order valence-electron chi connectivity index (χ2n) is 7.16. The van der Waals surface area contributed by atoms with Crippen molar-refractivity contribution < 1.29 is 0 Å². The van der Waals surface area contributed by atoms with E-state index >= 15 is 0 Å². The van der Waals surface area contributed by atoms with Gasteiger partial charge in [0, 0.05) is 41.3 Å². The van der Waals surface area contributed by atoms with Crippen molar-refractivity contribution in [1.82, 2.24) is 14.7 Å².